The van der Waals surface area contributed by atoms with Crippen molar-refractivity contribution in [3.8, 4) is 12.3 Å². The van der Waals surface area contributed by atoms with Gasteiger partial charge in [0.2, 0.25) is 5.91 Å². The van der Waals surface area contributed by atoms with Crippen molar-refractivity contribution in [1.82, 2.24) is 10.6 Å². The van der Waals surface area contributed by atoms with E-state index in [4.69, 9.17) is 11.2 Å². The zero-order valence-corrected chi connectivity index (χ0v) is 7.22. The lowest BCUT2D eigenvalue weighted by Crippen LogP contribution is -2.35. The molecule has 4 nitrogen and oxygen atoms in total. The van der Waals surface area contributed by atoms with Crippen LogP contribution in [-0.2, 0) is 9.53 Å². The average Bonchev–Trinajstić information content (AvgIpc) is 2.06. The van der Waals surface area contributed by atoms with Gasteiger partial charge in [-0.1, -0.05) is 5.92 Å². The number of hydrogen-bond donors (Lipinski definition) is 2. The number of terminal acetylenes is 1. The highest BCUT2D eigenvalue weighted by Crippen LogP contribution is 1.66. The monoisotopic (exact) mass is 170 g/mol. The largest absolute Gasteiger partial charge is 0.383 e. The van der Waals surface area contributed by atoms with Gasteiger partial charge in [0.25, 0.3) is 0 Å². The summed E-state index contributed by atoms with van der Waals surface area (Å²) in [5.74, 6) is 2.31. The second-order valence-corrected chi connectivity index (χ2v) is 2.15. The molecule has 0 atom stereocenters. The molecule has 0 aliphatic rings. The molecule has 0 saturated heterocycles. The number of rotatable bonds is 6. The molecular formula is C8H14N2O2. The zero-order chi connectivity index (χ0) is 9.23. The van der Waals surface area contributed by atoms with E-state index in [0.29, 0.717) is 19.7 Å². The van der Waals surface area contributed by atoms with Crippen LogP contribution in [-0.4, -0.2) is 39.3 Å². The van der Waals surface area contributed by atoms with Crippen molar-refractivity contribution in [3.05, 3.63) is 0 Å². The first-order chi connectivity index (χ1) is 5.81. The van der Waals surface area contributed by atoms with Gasteiger partial charge in [-0.05, 0) is 0 Å². The third-order valence-corrected chi connectivity index (χ3v) is 1.14. The molecule has 0 rings (SSSR count). The maximum Gasteiger partial charge on any atom is 0.234 e. The Morgan fingerprint density at radius 2 is 2.42 bits per heavy atom. The average molecular weight is 170 g/mol. The zero-order valence-electron chi connectivity index (χ0n) is 7.22. The second-order valence-electron chi connectivity index (χ2n) is 2.15. The Kier molecular flexibility index (Phi) is 7.35. The van der Waals surface area contributed by atoms with E-state index in [-0.39, 0.29) is 12.5 Å². The van der Waals surface area contributed by atoms with Crippen molar-refractivity contribution < 1.29 is 9.53 Å². The Balaban J connectivity index is 3.17. The van der Waals surface area contributed by atoms with Crippen LogP contribution in [0.2, 0.25) is 0 Å². The normalized spacial score (nSPS) is 9.00. The first kappa shape index (κ1) is 11.0. The predicted molar refractivity (Wildman–Crippen MR) is 46.6 cm³/mol. The Morgan fingerprint density at radius 3 is 3.00 bits per heavy atom. The molecule has 1 amide bonds. The van der Waals surface area contributed by atoms with E-state index >= 15 is 0 Å². The van der Waals surface area contributed by atoms with Crippen LogP contribution in [0.5, 0.6) is 0 Å². The maximum atomic E-state index is 10.9. The molecule has 0 aromatic heterocycles. The molecule has 0 spiro atoms. The number of carbonyl (C=O) groups is 1. The second kappa shape index (κ2) is 8.05. The summed E-state index contributed by atoms with van der Waals surface area (Å²) >= 11 is 0. The van der Waals surface area contributed by atoms with Crippen molar-refractivity contribution in [1.29, 1.82) is 0 Å². The van der Waals surface area contributed by atoms with Crippen LogP contribution in [0.15, 0.2) is 0 Å². The third-order valence-electron chi connectivity index (χ3n) is 1.14. The molecule has 0 unspecified atom stereocenters. The Labute approximate surface area is 72.7 Å². The summed E-state index contributed by atoms with van der Waals surface area (Å²) in [7, 11) is 1.59. The minimum atomic E-state index is -0.0673. The van der Waals surface area contributed by atoms with E-state index in [1.54, 1.807) is 7.11 Å². The molecular weight excluding hydrogens is 156 g/mol. The minimum Gasteiger partial charge on any atom is -0.383 e. The van der Waals surface area contributed by atoms with Crippen LogP contribution in [0.4, 0.5) is 0 Å². The van der Waals surface area contributed by atoms with E-state index in [9.17, 15) is 4.79 Å². The molecule has 68 valence electrons. The lowest BCUT2D eigenvalue weighted by molar-refractivity contribution is -0.120. The van der Waals surface area contributed by atoms with E-state index in [1.807, 2.05) is 0 Å². The van der Waals surface area contributed by atoms with Gasteiger partial charge in [-0.2, -0.15) is 0 Å². The summed E-state index contributed by atoms with van der Waals surface area (Å²) in [6.45, 7) is 1.74. The van der Waals surface area contributed by atoms with E-state index < -0.39 is 0 Å². The van der Waals surface area contributed by atoms with Gasteiger partial charge in [0.15, 0.2) is 0 Å². The summed E-state index contributed by atoms with van der Waals surface area (Å²) in [5, 5.41) is 5.42. The van der Waals surface area contributed by atoms with Gasteiger partial charge in [-0.15, -0.1) is 6.42 Å². The summed E-state index contributed by atoms with van der Waals surface area (Å²) in [4.78, 5) is 10.9. The predicted octanol–water partition coefficient (Wildman–Crippen LogP) is -1.03. The standard InChI is InChI=1S/C8H14N2O2/c1-3-4-9-7-8(11)10-5-6-12-2/h1,9H,4-7H2,2H3,(H,10,11). The maximum absolute atomic E-state index is 10.9. The Morgan fingerprint density at radius 1 is 1.67 bits per heavy atom. The SMILES string of the molecule is C#CCNCC(=O)NCCOC. The fourth-order valence-electron chi connectivity index (χ4n) is 0.603. The van der Waals surface area contributed by atoms with Gasteiger partial charge in [-0.25, -0.2) is 0 Å². The fraction of sp³-hybridized carbons (Fsp3) is 0.625. The van der Waals surface area contributed by atoms with Gasteiger partial charge in [0.05, 0.1) is 19.7 Å². The number of methoxy groups -OCH3 is 1. The van der Waals surface area contributed by atoms with Crippen LogP contribution in [0.25, 0.3) is 0 Å². The molecule has 0 heterocycles. The molecule has 0 aromatic carbocycles. The van der Waals surface area contributed by atoms with Gasteiger partial charge >= 0.3 is 0 Å². The van der Waals surface area contributed by atoms with Crippen LogP contribution < -0.4 is 10.6 Å². The number of amides is 1. The quantitative estimate of drug-likeness (QED) is 0.396. The van der Waals surface area contributed by atoms with Crippen LogP contribution in [0, 0.1) is 12.3 Å². The Hall–Kier alpha value is -1.05. The summed E-state index contributed by atoms with van der Waals surface area (Å²) in [6, 6.07) is 0. The fourth-order valence-corrected chi connectivity index (χ4v) is 0.603. The number of hydrogen-bond acceptors (Lipinski definition) is 3. The first-order valence-electron chi connectivity index (χ1n) is 3.71. The molecule has 0 radical (unpaired) electrons. The number of carbonyl (C=O) groups excluding carboxylic acids is 1. The van der Waals surface area contributed by atoms with Crippen LogP contribution in [0.1, 0.15) is 0 Å². The molecule has 0 fully saturated rings. The molecule has 0 bridgehead atoms. The van der Waals surface area contributed by atoms with E-state index in [0.717, 1.165) is 0 Å². The van der Waals surface area contributed by atoms with Gasteiger partial charge in [0.1, 0.15) is 0 Å². The highest BCUT2D eigenvalue weighted by molar-refractivity contribution is 5.77. The highest BCUT2D eigenvalue weighted by Gasteiger charge is 1.96. The van der Waals surface area contributed by atoms with Crippen LogP contribution >= 0.6 is 0 Å². The number of ether oxygens (including phenoxy) is 1. The molecule has 12 heavy (non-hydrogen) atoms. The summed E-state index contributed by atoms with van der Waals surface area (Å²) in [5.41, 5.74) is 0. The Bertz CT molecular complexity index is 163. The molecule has 2 N–H and O–H groups in total. The van der Waals surface area contributed by atoms with Gasteiger partial charge in [0, 0.05) is 13.7 Å². The molecule has 4 heteroatoms. The third kappa shape index (κ3) is 7.06. The molecule has 0 aliphatic carbocycles. The highest BCUT2D eigenvalue weighted by atomic mass is 16.5. The van der Waals surface area contributed by atoms with Crippen molar-refractivity contribution in [2.45, 2.75) is 0 Å². The lowest BCUT2D eigenvalue weighted by atomic mass is 10.5. The van der Waals surface area contributed by atoms with Crippen molar-refractivity contribution in [2.24, 2.45) is 0 Å². The lowest BCUT2D eigenvalue weighted by Gasteiger charge is -2.03. The van der Waals surface area contributed by atoms with E-state index in [2.05, 4.69) is 16.6 Å². The van der Waals surface area contributed by atoms with Gasteiger partial charge in [-0.3, -0.25) is 10.1 Å². The van der Waals surface area contributed by atoms with E-state index in [1.165, 1.54) is 0 Å². The minimum absolute atomic E-state index is 0.0673. The van der Waals surface area contributed by atoms with Crippen LogP contribution in [0.3, 0.4) is 0 Å². The molecule has 0 aliphatic heterocycles. The van der Waals surface area contributed by atoms with Crippen molar-refractivity contribution >= 4 is 5.91 Å². The molecule has 0 saturated carbocycles. The smallest absolute Gasteiger partial charge is 0.234 e. The molecule has 0 aromatic rings. The van der Waals surface area contributed by atoms with Crippen molar-refractivity contribution in [3.63, 3.8) is 0 Å². The first-order valence-corrected chi connectivity index (χ1v) is 3.71. The summed E-state index contributed by atoms with van der Waals surface area (Å²) in [6.07, 6.45) is 4.97. The topological polar surface area (TPSA) is 50.4 Å². The van der Waals surface area contributed by atoms with Crippen molar-refractivity contribution in [2.75, 3.05) is 33.4 Å². The number of nitrogens with one attached hydrogen (secondary N) is 2. The van der Waals surface area contributed by atoms with Gasteiger partial charge < -0.3 is 10.1 Å². The summed E-state index contributed by atoms with van der Waals surface area (Å²) < 4.78 is 4.75.